The van der Waals surface area contributed by atoms with Gasteiger partial charge >= 0.3 is 0 Å². The summed E-state index contributed by atoms with van der Waals surface area (Å²) in [6, 6.07) is 14.6. The number of nitrogens with two attached hydrogens (primary N) is 1. The van der Waals surface area contributed by atoms with Crippen molar-refractivity contribution in [1.29, 1.82) is 0 Å². The molecule has 3 rings (SSSR count). The molecule has 0 radical (unpaired) electrons. The molecule has 6 heteroatoms. The van der Waals surface area contributed by atoms with Crippen LogP contribution in [-0.2, 0) is 10.0 Å². The fourth-order valence-corrected chi connectivity index (χ4v) is 4.90. The molecule has 27 heavy (non-hydrogen) atoms. The zero-order chi connectivity index (χ0) is 19.6. The van der Waals surface area contributed by atoms with Crippen LogP contribution in [-0.4, -0.2) is 15.5 Å². The monoisotopic (exact) mass is 399 g/mol. The Morgan fingerprint density at radius 1 is 1.11 bits per heavy atom. The smallest absolute Gasteiger partial charge is 0.238 e. The number of methoxy groups -OCH3 is 1. The number of allylic oxidation sites excluding steroid dienone is 1. The summed E-state index contributed by atoms with van der Waals surface area (Å²) in [7, 11) is -2.22. The van der Waals surface area contributed by atoms with Crippen LogP contribution in [0.4, 0.5) is 0 Å². The molecule has 1 atom stereocenters. The van der Waals surface area contributed by atoms with Crippen molar-refractivity contribution in [1.82, 2.24) is 0 Å². The number of benzene rings is 2. The van der Waals surface area contributed by atoms with Crippen LogP contribution in [0, 0.1) is 0 Å². The van der Waals surface area contributed by atoms with E-state index in [1.165, 1.54) is 6.07 Å². The number of sulfonamides is 1. The first kappa shape index (κ1) is 19.4. The Morgan fingerprint density at radius 2 is 1.78 bits per heavy atom. The Balaban J connectivity index is 2.30. The van der Waals surface area contributed by atoms with E-state index in [1.54, 1.807) is 30.6 Å². The van der Waals surface area contributed by atoms with E-state index in [-0.39, 0.29) is 10.8 Å². The molecule has 0 saturated carbocycles. The van der Waals surface area contributed by atoms with Gasteiger partial charge in [-0.15, -0.1) is 17.9 Å². The normalized spacial score (nSPS) is 12.6. The number of rotatable bonds is 6. The van der Waals surface area contributed by atoms with Crippen LogP contribution in [0.15, 0.2) is 71.5 Å². The summed E-state index contributed by atoms with van der Waals surface area (Å²) in [5.74, 6) is 0.890. The van der Waals surface area contributed by atoms with Crippen LogP contribution in [0.2, 0.25) is 0 Å². The molecule has 1 heterocycles. The van der Waals surface area contributed by atoms with Gasteiger partial charge in [0, 0.05) is 27.5 Å². The molecule has 3 aromatic rings. The second kappa shape index (κ2) is 7.68. The minimum atomic E-state index is -3.84. The number of hydrogen-bond donors (Lipinski definition) is 1. The average molecular weight is 400 g/mol. The molecule has 0 bridgehead atoms. The zero-order valence-corrected chi connectivity index (χ0v) is 16.8. The van der Waals surface area contributed by atoms with Crippen LogP contribution in [0.25, 0.3) is 22.3 Å². The van der Waals surface area contributed by atoms with Gasteiger partial charge in [0.1, 0.15) is 5.75 Å². The van der Waals surface area contributed by atoms with E-state index >= 15 is 0 Å². The maximum atomic E-state index is 12.1. The van der Waals surface area contributed by atoms with Crippen molar-refractivity contribution in [2.24, 2.45) is 5.14 Å². The molecule has 0 aliphatic heterocycles. The SMILES string of the molecule is C=CC(C)c1scc(-c2ccccc2S(N)(=O)=O)c1-c1ccc(OC)cc1. The van der Waals surface area contributed by atoms with E-state index in [9.17, 15) is 8.42 Å². The van der Waals surface area contributed by atoms with Crippen molar-refractivity contribution in [3.63, 3.8) is 0 Å². The quantitative estimate of drug-likeness (QED) is 0.591. The average Bonchev–Trinajstić information content (AvgIpc) is 3.11. The van der Waals surface area contributed by atoms with Crippen molar-refractivity contribution in [2.75, 3.05) is 7.11 Å². The molecule has 2 aromatic carbocycles. The Hall–Kier alpha value is -2.41. The van der Waals surface area contributed by atoms with E-state index in [0.717, 1.165) is 27.3 Å². The second-order valence-corrected chi connectivity index (χ2v) is 8.62. The zero-order valence-electron chi connectivity index (χ0n) is 15.2. The lowest BCUT2D eigenvalue weighted by Crippen LogP contribution is -2.13. The van der Waals surface area contributed by atoms with Gasteiger partial charge in [0.2, 0.25) is 10.0 Å². The molecule has 0 saturated heterocycles. The third kappa shape index (κ3) is 3.83. The Kier molecular flexibility index (Phi) is 5.51. The largest absolute Gasteiger partial charge is 0.497 e. The molecule has 0 amide bonds. The molecule has 0 fully saturated rings. The van der Waals surface area contributed by atoms with E-state index in [4.69, 9.17) is 9.88 Å². The predicted molar refractivity (Wildman–Crippen MR) is 112 cm³/mol. The van der Waals surface area contributed by atoms with Crippen molar-refractivity contribution in [3.8, 4) is 28.0 Å². The van der Waals surface area contributed by atoms with Crippen LogP contribution in [0.5, 0.6) is 5.75 Å². The molecule has 1 aromatic heterocycles. The lowest BCUT2D eigenvalue weighted by Gasteiger charge is -2.13. The van der Waals surface area contributed by atoms with Crippen LogP contribution >= 0.6 is 11.3 Å². The standard InChI is InChI=1S/C21H21NO3S2/c1-4-14(2)21-20(15-9-11-16(25-3)12-10-15)18(13-26-21)17-7-5-6-8-19(17)27(22,23)24/h4-14H,1H2,2-3H3,(H2,22,23,24). The summed E-state index contributed by atoms with van der Waals surface area (Å²) >= 11 is 1.59. The van der Waals surface area contributed by atoms with Gasteiger partial charge < -0.3 is 4.74 Å². The van der Waals surface area contributed by atoms with Crippen LogP contribution < -0.4 is 9.88 Å². The first-order chi connectivity index (χ1) is 12.9. The Labute approximate surface area is 164 Å². The molecule has 0 aliphatic carbocycles. The summed E-state index contributed by atoms with van der Waals surface area (Å²) in [6.45, 7) is 5.98. The molecule has 0 aliphatic rings. The van der Waals surface area contributed by atoms with Gasteiger partial charge in [-0.3, -0.25) is 0 Å². The van der Waals surface area contributed by atoms with Crippen molar-refractivity contribution in [2.45, 2.75) is 17.7 Å². The summed E-state index contributed by atoms with van der Waals surface area (Å²) in [6.07, 6.45) is 1.88. The van der Waals surface area contributed by atoms with Crippen LogP contribution in [0.1, 0.15) is 17.7 Å². The highest BCUT2D eigenvalue weighted by Crippen LogP contribution is 2.44. The number of primary sulfonamides is 1. The summed E-state index contributed by atoms with van der Waals surface area (Å²) in [5, 5.41) is 7.44. The highest BCUT2D eigenvalue weighted by molar-refractivity contribution is 7.89. The van der Waals surface area contributed by atoms with E-state index in [2.05, 4.69) is 13.5 Å². The van der Waals surface area contributed by atoms with Gasteiger partial charge in [-0.2, -0.15) is 0 Å². The number of ether oxygens (including phenoxy) is 1. The minimum absolute atomic E-state index is 0.121. The first-order valence-electron chi connectivity index (χ1n) is 8.37. The topological polar surface area (TPSA) is 69.4 Å². The van der Waals surface area contributed by atoms with Gasteiger partial charge in [0.05, 0.1) is 12.0 Å². The van der Waals surface area contributed by atoms with E-state index in [0.29, 0.717) is 5.56 Å². The lowest BCUT2D eigenvalue weighted by molar-refractivity contribution is 0.415. The summed E-state index contributed by atoms with van der Waals surface area (Å²) in [5.41, 5.74) is 3.43. The maximum Gasteiger partial charge on any atom is 0.238 e. The Bertz CT molecular complexity index is 1070. The second-order valence-electron chi connectivity index (χ2n) is 6.18. The predicted octanol–water partition coefficient (Wildman–Crippen LogP) is 5.03. The molecular formula is C21H21NO3S2. The molecule has 0 spiro atoms. The fraction of sp³-hybridized carbons (Fsp3) is 0.143. The number of thiophene rings is 1. The maximum absolute atomic E-state index is 12.1. The van der Waals surface area contributed by atoms with Gasteiger partial charge in [-0.05, 0) is 29.1 Å². The van der Waals surface area contributed by atoms with Crippen molar-refractivity contribution >= 4 is 21.4 Å². The third-order valence-corrected chi connectivity index (χ3v) is 6.60. The van der Waals surface area contributed by atoms with E-state index in [1.807, 2.05) is 41.8 Å². The summed E-state index contributed by atoms with van der Waals surface area (Å²) in [4.78, 5) is 1.24. The lowest BCUT2D eigenvalue weighted by atomic mass is 9.93. The highest BCUT2D eigenvalue weighted by Gasteiger charge is 2.22. The van der Waals surface area contributed by atoms with Gasteiger partial charge in [-0.25, -0.2) is 13.6 Å². The molecule has 4 nitrogen and oxygen atoms in total. The minimum Gasteiger partial charge on any atom is -0.497 e. The summed E-state index contributed by atoms with van der Waals surface area (Å²) < 4.78 is 29.5. The molecule has 140 valence electrons. The van der Waals surface area contributed by atoms with E-state index < -0.39 is 10.0 Å². The fourth-order valence-electron chi connectivity index (χ4n) is 3.01. The first-order valence-corrected chi connectivity index (χ1v) is 10.8. The molecular weight excluding hydrogens is 378 g/mol. The third-order valence-electron chi connectivity index (χ3n) is 4.45. The number of hydrogen-bond acceptors (Lipinski definition) is 4. The van der Waals surface area contributed by atoms with Gasteiger partial charge in [-0.1, -0.05) is 43.3 Å². The highest BCUT2D eigenvalue weighted by atomic mass is 32.2. The molecule has 1 unspecified atom stereocenters. The van der Waals surface area contributed by atoms with Gasteiger partial charge in [0.25, 0.3) is 0 Å². The van der Waals surface area contributed by atoms with Crippen molar-refractivity contribution in [3.05, 3.63) is 71.4 Å². The molecule has 2 N–H and O–H groups in total. The van der Waals surface area contributed by atoms with Gasteiger partial charge in [0.15, 0.2) is 0 Å². The van der Waals surface area contributed by atoms with Crippen molar-refractivity contribution < 1.29 is 13.2 Å². The van der Waals surface area contributed by atoms with Crippen LogP contribution in [0.3, 0.4) is 0 Å². The Morgan fingerprint density at radius 3 is 2.37 bits per heavy atom.